The fraction of sp³-hybridized carbons (Fsp3) is 0.200. The van der Waals surface area contributed by atoms with Crippen molar-refractivity contribution >= 4 is 27.3 Å². The summed E-state index contributed by atoms with van der Waals surface area (Å²) >= 11 is 5.84. The number of hydrogen-bond donors (Lipinski definition) is 1. The molecule has 2 aromatic carbocycles. The van der Waals surface area contributed by atoms with Gasteiger partial charge in [-0.05, 0) is 36.8 Å². The molecule has 8 heteroatoms. The molecule has 0 spiro atoms. The van der Waals surface area contributed by atoms with Gasteiger partial charge in [-0.15, -0.1) is 0 Å². The molecule has 2 heterocycles. The van der Waals surface area contributed by atoms with Gasteiger partial charge in [0, 0.05) is 23.7 Å². The average Bonchev–Trinajstić information content (AvgIpc) is 3.39. The quantitative estimate of drug-likeness (QED) is 0.707. The number of carbonyl (C=O) groups is 1. The number of nitrogens with one attached hydrogen (secondary N) is 1. The van der Waals surface area contributed by atoms with E-state index in [0.29, 0.717) is 29.4 Å². The molecule has 0 aliphatic carbocycles. The van der Waals surface area contributed by atoms with Crippen molar-refractivity contribution in [1.82, 2.24) is 15.1 Å². The highest BCUT2D eigenvalue weighted by molar-refractivity contribution is 7.92. The van der Waals surface area contributed by atoms with Gasteiger partial charge in [0.25, 0.3) is 5.91 Å². The largest absolute Gasteiger partial charge is 0.336 e. The van der Waals surface area contributed by atoms with Crippen molar-refractivity contribution in [2.75, 3.05) is 13.1 Å². The number of sulfone groups is 1. The maximum absolute atomic E-state index is 12.8. The van der Waals surface area contributed by atoms with Crippen LogP contribution in [-0.2, 0) is 9.84 Å². The fourth-order valence-corrected chi connectivity index (χ4v) is 5.16. The molecule has 4 rings (SSSR count). The number of rotatable bonds is 4. The molecule has 28 heavy (non-hydrogen) atoms. The Labute approximate surface area is 168 Å². The molecular weight excluding hydrogens is 398 g/mol. The van der Waals surface area contributed by atoms with Gasteiger partial charge >= 0.3 is 0 Å². The van der Waals surface area contributed by atoms with Crippen LogP contribution >= 0.6 is 11.6 Å². The highest BCUT2D eigenvalue weighted by atomic mass is 35.5. The van der Waals surface area contributed by atoms with E-state index in [2.05, 4.69) is 10.2 Å². The number of amides is 1. The minimum atomic E-state index is -3.52. The molecule has 1 fully saturated rings. The molecular formula is C20H18ClN3O3S. The zero-order valence-electron chi connectivity index (χ0n) is 14.9. The van der Waals surface area contributed by atoms with Crippen LogP contribution in [0.4, 0.5) is 0 Å². The van der Waals surface area contributed by atoms with Crippen LogP contribution < -0.4 is 0 Å². The molecule has 0 saturated carbocycles. The molecule has 0 radical (unpaired) electrons. The third-order valence-corrected chi connectivity index (χ3v) is 7.33. The second kappa shape index (κ2) is 7.41. The van der Waals surface area contributed by atoms with Crippen molar-refractivity contribution in [1.29, 1.82) is 0 Å². The summed E-state index contributed by atoms with van der Waals surface area (Å²) in [6, 6.07) is 17.4. The van der Waals surface area contributed by atoms with Crippen molar-refractivity contribution in [3.05, 3.63) is 71.4 Å². The van der Waals surface area contributed by atoms with Crippen molar-refractivity contribution in [3.63, 3.8) is 0 Å². The topological polar surface area (TPSA) is 83.1 Å². The van der Waals surface area contributed by atoms with Crippen LogP contribution in [0.15, 0.2) is 65.6 Å². The first-order valence-corrected chi connectivity index (χ1v) is 10.8. The van der Waals surface area contributed by atoms with E-state index in [1.165, 1.54) is 12.1 Å². The fourth-order valence-electron chi connectivity index (χ4n) is 3.34. The summed E-state index contributed by atoms with van der Waals surface area (Å²) in [6.07, 6.45) is 0.399. The predicted octanol–water partition coefficient (Wildman–Crippen LogP) is 3.42. The van der Waals surface area contributed by atoms with Gasteiger partial charge in [-0.25, -0.2) is 8.42 Å². The summed E-state index contributed by atoms with van der Waals surface area (Å²) in [5, 5.41) is 6.82. The molecule has 1 unspecified atom stereocenters. The van der Waals surface area contributed by atoms with Crippen molar-refractivity contribution in [3.8, 4) is 11.3 Å². The Hall–Kier alpha value is -2.64. The first kappa shape index (κ1) is 18.7. The number of halogens is 1. The van der Waals surface area contributed by atoms with E-state index in [-0.39, 0.29) is 17.3 Å². The minimum Gasteiger partial charge on any atom is -0.336 e. The van der Waals surface area contributed by atoms with Crippen molar-refractivity contribution < 1.29 is 13.2 Å². The Morgan fingerprint density at radius 2 is 1.82 bits per heavy atom. The van der Waals surface area contributed by atoms with Crippen LogP contribution in [0.2, 0.25) is 5.02 Å². The molecule has 1 aromatic heterocycles. The van der Waals surface area contributed by atoms with Crippen LogP contribution in [0.5, 0.6) is 0 Å². The average molecular weight is 416 g/mol. The normalized spacial score (nSPS) is 17.0. The molecule has 144 valence electrons. The lowest BCUT2D eigenvalue weighted by atomic mass is 10.1. The SMILES string of the molecule is O=C(c1cc(-c2ccccc2)n[nH]1)N1CCC(S(=O)(=O)c2ccc(Cl)cc2)C1. The van der Waals surface area contributed by atoms with Gasteiger partial charge in [-0.1, -0.05) is 41.9 Å². The third kappa shape index (κ3) is 3.55. The maximum Gasteiger partial charge on any atom is 0.271 e. The van der Waals surface area contributed by atoms with Crippen LogP contribution in [0.25, 0.3) is 11.3 Å². The van der Waals surface area contributed by atoms with Gasteiger partial charge in [0.15, 0.2) is 9.84 Å². The number of likely N-dealkylation sites (tertiary alicyclic amines) is 1. The molecule has 3 aromatic rings. The summed E-state index contributed by atoms with van der Waals surface area (Å²) in [5.41, 5.74) is 1.93. The molecule has 1 saturated heterocycles. The Morgan fingerprint density at radius 1 is 1.11 bits per heavy atom. The Kier molecular flexibility index (Phi) is 4.95. The standard InChI is InChI=1S/C20H18ClN3O3S/c21-15-6-8-16(9-7-15)28(26,27)17-10-11-24(13-17)20(25)19-12-18(22-23-19)14-4-2-1-3-5-14/h1-9,12,17H,10-11,13H2,(H,22,23). The number of aromatic amines is 1. The van der Waals surface area contributed by atoms with Gasteiger partial charge in [0.05, 0.1) is 15.8 Å². The summed E-state index contributed by atoms with van der Waals surface area (Å²) in [6.45, 7) is 0.541. The molecule has 1 atom stereocenters. The lowest BCUT2D eigenvalue weighted by Crippen LogP contribution is -2.32. The molecule has 1 N–H and O–H groups in total. The van der Waals surface area contributed by atoms with E-state index >= 15 is 0 Å². The number of carbonyl (C=O) groups excluding carboxylic acids is 1. The highest BCUT2D eigenvalue weighted by Crippen LogP contribution is 2.26. The zero-order valence-corrected chi connectivity index (χ0v) is 16.4. The number of nitrogens with zero attached hydrogens (tertiary/aromatic N) is 2. The van der Waals surface area contributed by atoms with E-state index in [4.69, 9.17) is 11.6 Å². The van der Waals surface area contributed by atoms with Crippen LogP contribution in [0.1, 0.15) is 16.9 Å². The molecule has 6 nitrogen and oxygen atoms in total. The number of benzene rings is 2. The smallest absolute Gasteiger partial charge is 0.271 e. The number of hydrogen-bond acceptors (Lipinski definition) is 4. The van der Waals surface area contributed by atoms with Crippen LogP contribution in [-0.4, -0.2) is 47.8 Å². The van der Waals surface area contributed by atoms with Crippen LogP contribution in [0, 0.1) is 0 Å². The van der Waals surface area contributed by atoms with Crippen molar-refractivity contribution in [2.45, 2.75) is 16.6 Å². The minimum absolute atomic E-state index is 0.156. The lowest BCUT2D eigenvalue weighted by molar-refractivity contribution is 0.0787. The van der Waals surface area contributed by atoms with E-state index in [1.807, 2.05) is 30.3 Å². The second-order valence-corrected chi connectivity index (χ2v) is 9.36. The Balaban J connectivity index is 1.49. The van der Waals surface area contributed by atoms with Crippen molar-refractivity contribution in [2.24, 2.45) is 0 Å². The van der Waals surface area contributed by atoms with E-state index in [9.17, 15) is 13.2 Å². The molecule has 1 aliphatic rings. The monoisotopic (exact) mass is 415 g/mol. The summed E-state index contributed by atoms with van der Waals surface area (Å²) < 4.78 is 25.7. The second-order valence-electron chi connectivity index (χ2n) is 6.69. The number of aromatic nitrogens is 2. The van der Waals surface area contributed by atoms with Gasteiger partial charge in [0.1, 0.15) is 5.69 Å². The summed E-state index contributed by atoms with van der Waals surface area (Å²) in [4.78, 5) is 14.6. The first-order chi connectivity index (χ1) is 13.4. The maximum atomic E-state index is 12.8. The summed E-state index contributed by atoms with van der Waals surface area (Å²) in [7, 11) is -3.52. The van der Waals surface area contributed by atoms with E-state index < -0.39 is 15.1 Å². The number of H-pyrrole nitrogens is 1. The van der Waals surface area contributed by atoms with Gasteiger partial charge < -0.3 is 4.90 Å². The molecule has 1 amide bonds. The van der Waals surface area contributed by atoms with Gasteiger partial charge in [-0.2, -0.15) is 5.10 Å². The van der Waals surface area contributed by atoms with E-state index in [0.717, 1.165) is 5.56 Å². The first-order valence-electron chi connectivity index (χ1n) is 8.85. The van der Waals surface area contributed by atoms with E-state index in [1.54, 1.807) is 23.1 Å². The zero-order chi connectivity index (χ0) is 19.7. The lowest BCUT2D eigenvalue weighted by Gasteiger charge is -2.16. The van der Waals surface area contributed by atoms with Crippen LogP contribution in [0.3, 0.4) is 0 Å². The Bertz CT molecular complexity index is 1100. The highest BCUT2D eigenvalue weighted by Gasteiger charge is 2.36. The Morgan fingerprint density at radius 3 is 2.54 bits per heavy atom. The molecule has 1 aliphatic heterocycles. The van der Waals surface area contributed by atoms with Gasteiger partial charge in [-0.3, -0.25) is 9.89 Å². The molecule has 0 bridgehead atoms. The van der Waals surface area contributed by atoms with Gasteiger partial charge in [0.2, 0.25) is 0 Å². The third-order valence-electron chi connectivity index (χ3n) is 4.89. The summed E-state index contributed by atoms with van der Waals surface area (Å²) in [5.74, 6) is -0.247. The predicted molar refractivity (Wildman–Crippen MR) is 107 cm³/mol.